The number of rotatable bonds is 0. The van der Waals surface area contributed by atoms with E-state index in [1.807, 2.05) is 48.5 Å². The Kier molecular flexibility index (Phi) is 8.64. The number of aryl methyl sites for hydroxylation is 1. The van der Waals surface area contributed by atoms with Crippen LogP contribution >= 0.6 is 11.3 Å². The molecule has 0 radical (unpaired) electrons. The van der Waals surface area contributed by atoms with Crippen molar-refractivity contribution in [1.82, 2.24) is 4.90 Å². The summed E-state index contributed by atoms with van der Waals surface area (Å²) in [5, 5.41) is 2.17. The number of nitrogens with zero attached hydrogens (tertiary/aromatic N) is 1. The number of fused-ring (bicyclic) bond motifs is 1. The highest BCUT2D eigenvalue weighted by molar-refractivity contribution is 7.10. The van der Waals surface area contributed by atoms with E-state index < -0.39 is 5.60 Å². The van der Waals surface area contributed by atoms with Gasteiger partial charge in [-0.3, -0.25) is 0 Å². The number of thiophene rings is 1. The molecule has 1 aliphatic heterocycles. The quantitative estimate of drug-likeness (QED) is 0.641. The van der Waals surface area contributed by atoms with Gasteiger partial charge in [0.25, 0.3) is 0 Å². The lowest BCUT2D eigenvalue weighted by atomic mass is 10.1. The van der Waals surface area contributed by atoms with Crippen LogP contribution in [-0.2, 0) is 17.7 Å². The maximum atomic E-state index is 11.9. The topological polar surface area (TPSA) is 29.5 Å². The van der Waals surface area contributed by atoms with Gasteiger partial charge in [-0.25, -0.2) is 4.79 Å². The van der Waals surface area contributed by atoms with E-state index in [9.17, 15) is 4.79 Å². The normalized spacial score (nSPS) is 13.2. The number of carbonyl (C=O) groups is 1. The van der Waals surface area contributed by atoms with Crippen molar-refractivity contribution in [2.75, 3.05) is 6.54 Å². The second-order valence-corrected chi connectivity index (χ2v) is 6.44. The maximum absolute atomic E-state index is 11.9. The number of carbonyl (C=O) groups excluding carboxylic acids is 1. The standard InChI is InChI=1S/C13H19NO2S.2C2H6/c1-9-8-17-11-7-14(6-5-10(9)11)12(15)16-13(2,3)4;2*1-2/h8H,5-7H2,1-4H3;2*1-2H3. The molecule has 0 saturated heterocycles. The van der Waals surface area contributed by atoms with Crippen molar-refractivity contribution in [1.29, 1.82) is 0 Å². The van der Waals surface area contributed by atoms with Crippen LogP contribution in [0.15, 0.2) is 5.38 Å². The van der Waals surface area contributed by atoms with Crippen LogP contribution in [0.25, 0.3) is 0 Å². The van der Waals surface area contributed by atoms with Gasteiger partial charge < -0.3 is 9.64 Å². The Bertz CT molecular complexity index is 432. The first kappa shape index (κ1) is 20.0. The van der Waals surface area contributed by atoms with Crippen LogP contribution in [0.1, 0.15) is 64.5 Å². The SMILES string of the molecule is CC.CC.Cc1csc2c1CCN(C(=O)OC(C)(C)C)C2. The summed E-state index contributed by atoms with van der Waals surface area (Å²) in [6.45, 7) is 17.3. The zero-order valence-electron chi connectivity index (χ0n) is 14.9. The van der Waals surface area contributed by atoms with Gasteiger partial charge in [0.15, 0.2) is 0 Å². The first-order valence-electron chi connectivity index (χ1n) is 7.90. The summed E-state index contributed by atoms with van der Waals surface area (Å²) in [6.07, 6.45) is 0.749. The first-order chi connectivity index (χ1) is 9.87. The molecular weight excluding hydrogens is 282 g/mol. The zero-order valence-corrected chi connectivity index (χ0v) is 15.7. The number of hydrogen-bond donors (Lipinski definition) is 0. The molecule has 1 aliphatic rings. The molecule has 0 unspecified atom stereocenters. The number of ether oxygens (including phenoxy) is 1. The van der Waals surface area contributed by atoms with Gasteiger partial charge in [-0.1, -0.05) is 27.7 Å². The van der Waals surface area contributed by atoms with E-state index in [-0.39, 0.29) is 6.09 Å². The summed E-state index contributed by atoms with van der Waals surface area (Å²) in [5.41, 5.74) is 2.37. The zero-order chi connectivity index (χ0) is 16.6. The molecule has 21 heavy (non-hydrogen) atoms. The Hall–Kier alpha value is -1.03. The second kappa shape index (κ2) is 9.08. The van der Waals surface area contributed by atoms with E-state index in [1.165, 1.54) is 16.0 Å². The van der Waals surface area contributed by atoms with E-state index >= 15 is 0 Å². The molecule has 2 rings (SSSR count). The summed E-state index contributed by atoms with van der Waals surface area (Å²) >= 11 is 1.74. The van der Waals surface area contributed by atoms with Gasteiger partial charge in [-0.15, -0.1) is 11.3 Å². The molecule has 0 N–H and O–H groups in total. The lowest BCUT2D eigenvalue weighted by Gasteiger charge is -2.30. The predicted molar refractivity (Wildman–Crippen MR) is 92.1 cm³/mol. The van der Waals surface area contributed by atoms with Crippen molar-refractivity contribution in [3.8, 4) is 0 Å². The van der Waals surface area contributed by atoms with Gasteiger partial charge >= 0.3 is 6.09 Å². The summed E-state index contributed by atoms with van der Waals surface area (Å²) in [7, 11) is 0. The second-order valence-electron chi connectivity index (χ2n) is 5.47. The maximum Gasteiger partial charge on any atom is 0.410 e. The van der Waals surface area contributed by atoms with Crippen LogP contribution in [0.3, 0.4) is 0 Å². The van der Waals surface area contributed by atoms with Crippen molar-refractivity contribution in [3.63, 3.8) is 0 Å². The third kappa shape index (κ3) is 6.08. The van der Waals surface area contributed by atoms with E-state index in [2.05, 4.69) is 12.3 Å². The van der Waals surface area contributed by atoms with E-state index in [1.54, 1.807) is 16.2 Å². The molecule has 4 heteroatoms. The van der Waals surface area contributed by atoms with Crippen molar-refractivity contribution < 1.29 is 9.53 Å². The van der Waals surface area contributed by atoms with E-state index in [0.29, 0.717) is 6.54 Å². The van der Waals surface area contributed by atoms with Crippen LogP contribution in [0.2, 0.25) is 0 Å². The minimum atomic E-state index is -0.414. The fourth-order valence-electron chi connectivity index (χ4n) is 1.97. The molecule has 0 fully saturated rings. The molecule has 2 heterocycles. The third-order valence-electron chi connectivity index (χ3n) is 2.81. The highest BCUT2D eigenvalue weighted by Gasteiger charge is 2.26. The predicted octanol–water partition coefficient (Wildman–Crippen LogP) is 5.40. The Labute approximate surface area is 134 Å². The molecule has 3 nitrogen and oxygen atoms in total. The monoisotopic (exact) mass is 313 g/mol. The molecule has 0 spiro atoms. The van der Waals surface area contributed by atoms with Crippen molar-refractivity contribution >= 4 is 17.4 Å². The number of hydrogen-bond acceptors (Lipinski definition) is 3. The molecular formula is C17H31NO2S. The molecule has 1 aromatic rings. The minimum absolute atomic E-state index is 0.200. The van der Waals surface area contributed by atoms with Crippen LogP contribution in [0, 0.1) is 6.92 Å². The Balaban J connectivity index is 0.000000921. The summed E-state index contributed by atoms with van der Waals surface area (Å²) in [6, 6.07) is 0. The lowest BCUT2D eigenvalue weighted by Crippen LogP contribution is -2.39. The van der Waals surface area contributed by atoms with Crippen LogP contribution in [-0.4, -0.2) is 23.1 Å². The molecule has 0 atom stereocenters. The Morgan fingerprint density at radius 2 is 1.81 bits per heavy atom. The molecule has 1 amide bonds. The van der Waals surface area contributed by atoms with Gasteiger partial charge in [0, 0.05) is 11.4 Å². The van der Waals surface area contributed by atoms with Gasteiger partial charge in [-0.2, -0.15) is 0 Å². The average Bonchev–Trinajstić information content (AvgIpc) is 2.82. The van der Waals surface area contributed by atoms with Gasteiger partial charge in [0.05, 0.1) is 6.54 Å². The third-order valence-corrected chi connectivity index (χ3v) is 3.94. The molecule has 0 bridgehead atoms. The van der Waals surface area contributed by atoms with E-state index in [0.717, 1.165) is 13.0 Å². The largest absolute Gasteiger partial charge is 0.444 e. The van der Waals surface area contributed by atoms with Crippen molar-refractivity contribution in [2.45, 2.75) is 74.0 Å². The fourth-order valence-corrected chi connectivity index (χ4v) is 3.07. The van der Waals surface area contributed by atoms with Crippen LogP contribution in [0.4, 0.5) is 4.79 Å². The summed E-state index contributed by atoms with van der Waals surface area (Å²) in [4.78, 5) is 15.0. The molecule has 0 aliphatic carbocycles. The first-order valence-corrected chi connectivity index (χ1v) is 8.78. The van der Waals surface area contributed by atoms with Crippen LogP contribution in [0.5, 0.6) is 0 Å². The Morgan fingerprint density at radius 1 is 1.24 bits per heavy atom. The van der Waals surface area contributed by atoms with E-state index in [4.69, 9.17) is 4.74 Å². The number of amides is 1. The lowest BCUT2D eigenvalue weighted by molar-refractivity contribution is 0.0226. The molecule has 1 aromatic heterocycles. The molecule has 122 valence electrons. The van der Waals surface area contributed by atoms with Gasteiger partial charge in [0.2, 0.25) is 0 Å². The van der Waals surface area contributed by atoms with Crippen molar-refractivity contribution in [2.24, 2.45) is 0 Å². The highest BCUT2D eigenvalue weighted by Crippen LogP contribution is 2.28. The fraction of sp³-hybridized carbons (Fsp3) is 0.706. The van der Waals surface area contributed by atoms with Crippen LogP contribution < -0.4 is 0 Å². The average molecular weight is 314 g/mol. The smallest absolute Gasteiger partial charge is 0.410 e. The Morgan fingerprint density at radius 3 is 2.33 bits per heavy atom. The van der Waals surface area contributed by atoms with Gasteiger partial charge in [0.1, 0.15) is 5.60 Å². The summed E-state index contributed by atoms with van der Waals surface area (Å²) in [5.74, 6) is 0. The van der Waals surface area contributed by atoms with Gasteiger partial charge in [-0.05, 0) is 50.6 Å². The minimum Gasteiger partial charge on any atom is -0.444 e. The van der Waals surface area contributed by atoms with Crippen molar-refractivity contribution in [3.05, 3.63) is 21.4 Å². The molecule has 0 aromatic carbocycles. The molecule has 0 saturated carbocycles. The summed E-state index contributed by atoms with van der Waals surface area (Å²) < 4.78 is 5.39. The highest BCUT2D eigenvalue weighted by atomic mass is 32.1.